The van der Waals surface area contributed by atoms with Gasteiger partial charge >= 0.3 is 0 Å². The fourth-order valence-corrected chi connectivity index (χ4v) is 4.06. The largest absolute Gasteiger partial charge is 0.351 e. The van der Waals surface area contributed by atoms with Crippen LogP contribution < -0.4 is 10.6 Å². The van der Waals surface area contributed by atoms with Crippen molar-refractivity contribution in [3.8, 4) is 0 Å². The summed E-state index contributed by atoms with van der Waals surface area (Å²) in [6.45, 7) is 6.90. The Morgan fingerprint density at radius 2 is 2.04 bits per heavy atom. The van der Waals surface area contributed by atoms with Crippen molar-refractivity contribution in [3.05, 3.63) is 32.7 Å². The molecule has 3 aromatic heterocycles. The summed E-state index contributed by atoms with van der Waals surface area (Å²) < 4.78 is 1.74. The van der Waals surface area contributed by atoms with E-state index in [1.165, 1.54) is 22.7 Å². The Bertz CT molecular complexity index is 954. The SMILES string of the molecule is Cc1nc(C(=O)NCc2nn(C)c3sc(C(=O)NCC(C)C)cc23)cs1. The first kappa shape index (κ1) is 18.5. The van der Waals surface area contributed by atoms with Gasteiger partial charge in [0.05, 0.1) is 22.1 Å². The number of rotatable bonds is 6. The Morgan fingerprint density at radius 3 is 2.69 bits per heavy atom. The van der Waals surface area contributed by atoms with Crippen molar-refractivity contribution in [3.63, 3.8) is 0 Å². The predicted molar refractivity (Wildman–Crippen MR) is 104 cm³/mol. The molecular weight excluding hydrogens is 370 g/mol. The second-order valence-corrected chi connectivity index (χ2v) is 8.53. The van der Waals surface area contributed by atoms with Crippen molar-refractivity contribution < 1.29 is 9.59 Å². The highest BCUT2D eigenvalue weighted by atomic mass is 32.1. The monoisotopic (exact) mass is 391 g/mol. The summed E-state index contributed by atoms with van der Waals surface area (Å²) in [5.41, 5.74) is 1.15. The molecule has 26 heavy (non-hydrogen) atoms. The fraction of sp³-hybridized carbons (Fsp3) is 0.412. The van der Waals surface area contributed by atoms with Gasteiger partial charge in [0.25, 0.3) is 11.8 Å². The maximum atomic E-state index is 12.3. The van der Waals surface area contributed by atoms with Crippen molar-refractivity contribution in [2.45, 2.75) is 27.3 Å². The number of aromatic nitrogens is 3. The summed E-state index contributed by atoms with van der Waals surface area (Å²) in [6, 6.07) is 1.84. The van der Waals surface area contributed by atoms with E-state index < -0.39 is 0 Å². The van der Waals surface area contributed by atoms with Crippen LogP contribution in [0.5, 0.6) is 0 Å². The van der Waals surface area contributed by atoms with Crippen LogP contribution in [0.25, 0.3) is 10.2 Å². The first-order valence-electron chi connectivity index (χ1n) is 8.29. The third-order valence-corrected chi connectivity index (χ3v) is 5.72. The van der Waals surface area contributed by atoms with E-state index >= 15 is 0 Å². The molecule has 0 radical (unpaired) electrons. The highest BCUT2D eigenvalue weighted by molar-refractivity contribution is 7.20. The van der Waals surface area contributed by atoms with Gasteiger partial charge in [-0.05, 0) is 18.9 Å². The molecule has 0 unspecified atom stereocenters. The molecule has 2 amide bonds. The van der Waals surface area contributed by atoms with E-state index in [-0.39, 0.29) is 18.4 Å². The topological polar surface area (TPSA) is 88.9 Å². The van der Waals surface area contributed by atoms with Crippen LogP contribution in [-0.2, 0) is 13.6 Å². The Morgan fingerprint density at radius 1 is 1.27 bits per heavy atom. The number of amides is 2. The van der Waals surface area contributed by atoms with E-state index in [4.69, 9.17) is 0 Å². The van der Waals surface area contributed by atoms with Crippen molar-refractivity contribution in [1.29, 1.82) is 0 Å². The Labute approximate surface area is 159 Å². The highest BCUT2D eigenvalue weighted by Crippen LogP contribution is 2.28. The van der Waals surface area contributed by atoms with Crippen LogP contribution in [0, 0.1) is 12.8 Å². The van der Waals surface area contributed by atoms with Crippen LogP contribution in [0.2, 0.25) is 0 Å². The number of aryl methyl sites for hydroxylation is 2. The number of nitrogens with zero attached hydrogens (tertiary/aromatic N) is 3. The maximum Gasteiger partial charge on any atom is 0.271 e. The van der Waals surface area contributed by atoms with Gasteiger partial charge in [-0.3, -0.25) is 14.3 Å². The zero-order valence-electron chi connectivity index (χ0n) is 15.1. The van der Waals surface area contributed by atoms with E-state index in [0.717, 1.165) is 20.9 Å². The number of hydrogen-bond acceptors (Lipinski definition) is 6. The molecule has 3 aromatic rings. The quantitative estimate of drug-likeness (QED) is 0.676. The molecule has 0 spiro atoms. The Hall–Kier alpha value is -2.26. The minimum absolute atomic E-state index is 0.0761. The summed E-state index contributed by atoms with van der Waals surface area (Å²) in [5.74, 6) is 0.0984. The van der Waals surface area contributed by atoms with Gasteiger partial charge in [0.1, 0.15) is 10.5 Å². The summed E-state index contributed by atoms with van der Waals surface area (Å²) >= 11 is 2.84. The van der Waals surface area contributed by atoms with Gasteiger partial charge in [-0.25, -0.2) is 4.98 Å². The first-order valence-corrected chi connectivity index (χ1v) is 9.98. The third kappa shape index (κ3) is 3.94. The third-order valence-electron chi connectivity index (χ3n) is 3.75. The first-order chi connectivity index (χ1) is 12.3. The summed E-state index contributed by atoms with van der Waals surface area (Å²) in [4.78, 5) is 30.2. The normalized spacial score (nSPS) is 11.3. The number of fused-ring (bicyclic) bond motifs is 1. The summed E-state index contributed by atoms with van der Waals surface area (Å²) in [6.07, 6.45) is 0. The second kappa shape index (κ2) is 7.55. The van der Waals surface area contributed by atoms with Gasteiger partial charge in [-0.2, -0.15) is 5.10 Å². The second-order valence-electron chi connectivity index (χ2n) is 6.44. The van der Waals surface area contributed by atoms with Gasteiger partial charge in [0.2, 0.25) is 0 Å². The molecule has 7 nitrogen and oxygen atoms in total. The summed E-state index contributed by atoms with van der Waals surface area (Å²) in [7, 11) is 1.84. The van der Waals surface area contributed by atoms with Gasteiger partial charge < -0.3 is 10.6 Å². The molecule has 3 rings (SSSR count). The van der Waals surface area contributed by atoms with Gasteiger partial charge in [0.15, 0.2) is 0 Å². The van der Waals surface area contributed by atoms with Crippen LogP contribution in [0.15, 0.2) is 11.4 Å². The van der Waals surface area contributed by atoms with E-state index in [1.54, 1.807) is 10.1 Å². The van der Waals surface area contributed by atoms with E-state index in [1.807, 2.05) is 20.0 Å². The minimum atomic E-state index is -0.224. The fourth-order valence-electron chi connectivity index (χ4n) is 2.46. The van der Waals surface area contributed by atoms with Crippen LogP contribution in [0.3, 0.4) is 0 Å². The number of nitrogens with one attached hydrogen (secondary N) is 2. The lowest BCUT2D eigenvalue weighted by Gasteiger charge is -2.05. The molecule has 2 N–H and O–H groups in total. The number of thiophene rings is 1. The lowest BCUT2D eigenvalue weighted by Crippen LogP contribution is -2.26. The Balaban J connectivity index is 1.74. The van der Waals surface area contributed by atoms with Gasteiger partial charge in [-0.15, -0.1) is 22.7 Å². The molecule has 0 aliphatic heterocycles. The lowest BCUT2D eigenvalue weighted by atomic mass is 10.2. The number of carbonyl (C=O) groups excluding carboxylic acids is 2. The molecule has 0 saturated heterocycles. The molecule has 3 heterocycles. The minimum Gasteiger partial charge on any atom is -0.351 e. The van der Waals surface area contributed by atoms with Crippen molar-refractivity contribution in [2.24, 2.45) is 13.0 Å². The number of hydrogen-bond donors (Lipinski definition) is 2. The molecule has 0 aliphatic rings. The van der Waals surface area contributed by atoms with Crippen LogP contribution in [0.1, 0.15) is 44.7 Å². The van der Waals surface area contributed by atoms with Crippen LogP contribution >= 0.6 is 22.7 Å². The van der Waals surface area contributed by atoms with Crippen LogP contribution in [0.4, 0.5) is 0 Å². The molecule has 138 valence electrons. The van der Waals surface area contributed by atoms with E-state index in [0.29, 0.717) is 23.0 Å². The molecule has 0 saturated carbocycles. The average molecular weight is 392 g/mol. The molecule has 0 aromatic carbocycles. The molecule has 0 fully saturated rings. The van der Waals surface area contributed by atoms with Gasteiger partial charge in [0, 0.05) is 24.4 Å². The van der Waals surface area contributed by atoms with E-state index in [9.17, 15) is 9.59 Å². The maximum absolute atomic E-state index is 12.3. The molecule has 9 heteroatoms. The predicted octanol–water partition coefficient (Wildman–Crippen LogP) is 2.72. The number of thiazole rings is 1. The summed E-state index contributed by atoms with van der Waals surface area (Å²) in [5, 5.41) is 13.7. The Kier molecular flexibility index (Phi) is 5.38. The van der Waals surface area contributed by atoms with E-state index in [2.05, 4.69) is 34.6 Å². The lowest BCUT2D eigenvalue weighted by molar-refractivity contribution is 0.0940. The molecule has 0 atom stereocenters. The zero-order chi connectivity index (χ0) is 18.8. The highest BCUT2D eigenvalue weighted by Gasteiger charge is 2.18. The molecular formula is C17H21N5O2S2. The van der Waals surface area contributed by atoms with Crippen molar-refractivity contribution in [1.82, 2.24) is 25.4 Å². The molecule has 0 bridgehead atoms. The van der Waals surface area contributed by atoms with Crippen molar-refractivity contribution >= 4 is 44.7 Å². The van der Waals surface area contributed by atoms with Gasteiger partial charge in [-0.1, -0.05) is 13.8 Å². The van der Waals surface area contributed by atoms with Crippen molar-refractivity contribution in [2.75, 3.05) is 6.54 Å². The number of carbonyl (C=O) groups is 2. The average Bonchev–Trinajstić information content (AvgIpc) is 3.28. The van der Waals surface area contributed by atoms with Crippen LogP contribution in [-0.4, -0.2) is 33.1 Å². The smallest absolute Gasteiger partial charge is 0.271 e. The standard InChI is InChI=1S/C17H21N5O2S2/c1-9(2)6-18-16(24)14-5-11-12(21-22(4)17(11)26-14)7-19-15(23)13-8-25-10(3)20-13/h5,8-9H,6-7H2,1-4H3,(H,18,24)(H,19,23). The molecule has 0 aliphatic carbocycles. The zero-order valence-corrected chi connectivity index (χ0v) is 16.8.